The summed E-state index contributed by atoms with van der Waals surface area (Å²) in [6.07, 6.45) is 10.3. The Labute approximate surface area is 183 Å². The number of aromatic nitrogens is 2. The second-order valence-corrected chi connectivity index (χ2v) is 8.02. The average Bonchev–Trinajstić information content (AvgIpc) is 2.78. The topological polar surface area (TPSA) is 85.4 Å². The van der Waals surface area contributed by atoms with Crippen molar-refractivity contribution in [1.82, 2.24) is 15.3 Å². The first-order valence-corrected chi connectivity index (χ1v) is 10.9. The fourth-order valence-corrected chi connectivity index (χ4v) is 4.21. The van der Waals surface area contributed by atoms with Crippen molar-refractivity contribution in [3.63, 3.8) is 0 Å². The van der Waals surface area contributed by atoms with E-state index in [0.717, 1.165) is 67.1 Å². The quantitative estimate of drug-likeness (QED) is 0.738. The van der Waals surface area contributed by atoms with Crippen molar-refractivity contribution in [3.05, 3.63) is 58.4 Å². The smallest absolute Gasteiger partial charge is 0.252 e. The SMILES string of the molecule is COc1nc(C)cc2c1CNC(=O)c1ccnc(NC3CCOCC3)c1CC=CCC2. The number of fused-ring (bicyclic) bond motifs is 2. The Hall–Kier alpha value is -2.93. The molecule has 2 N–H and O–H groups in total. The molecule has 2 aromatic rings. The van der Waals surface area contributed by atoms with E-state index in [9.17, 15) is 4.79 Å². The predicted octanol–water partition coefficient (Wildman–Crippen LogP) is 3.36. The maximum absolute atomic E-state index is 13.2. The molecule has 0 aliphatic carbocycles. The first-order chi connectivity index (χ1) is 15.2. The highest BCUT2D eigenvalue weighted by atomic mass is 16.5. The van der Waals surface area contributed by atoms with Crippen LogP contribution in [0.25, 0.3) is 0 Å². The standard InChI is InChI=1S/C24H30N4O3/c1-16-14-17-6-4-3-5-7-19-20(23(29)26-15-21(17)24(27-16)30-2)8-11-25-22(19)28-18-9-12-31-13-10-18/h3,5,8,11,14,18H,4,6-7,9-10,12-13,15H2,1-2H3,(H,25,28)(H,26,29). The Morgan fingerprint density at radius 2 is 2.06 bits per heavy atom. The Bertz CT molecular complexity index is 968. The van der Waals surface area contributed by atoms with Gasteiger partial charge in [-0.25, -0.2) is 9.97 Å². The minimum absolute atomic E-state index is 0.116. The van der Waals surface area contributed by atoms with Crippen LogP contribution in [-0.2, 0) is 24.1 Å². The molecule has 0 radical (unpaired) electrons. The van der Waals surface area contributed by atoms with Gasteiger partial charge in [0.05, 0.1) is 7.11 Å². The molecular weight excluding hydrogens is 392 g/mol. The van der Waals surface area contributed by atoms with Gasteiger partial charge in [0.15, 0.2) is 0 Å². The number of carbonyl (C=O) groups is 1. The lowest BCUT2D eigenvalue weighted by atomic mass is 9.99. The second-order valence-electron chi connectivity index (χ2n) is 8.02. The maximum Gasteiger partial charge on any atom is 0.252 e. The van der Waals surface area contributed by atoms with Crippen molar-refractivity contribution in [2.24, 2.45) is 0 Å². The number of hydrogen-bond acceptors (Lipinski definition) is 6. The molecule has 0 atom stereocenters. The molecule has 2 aliphatic rings. The lowest BCUT2D eigenvalue weighted by molar-refractivity contribution is 0.0903. The Balaban J connectivity index is 1.64. The van der Waals surface area contributed by atoms with Gasteiger partial charge in [0.1, 0.15) is 5.82 Å². The summed E-state index contributed by atoms with van der Waals surface area (Å²) in [5.74, 6) is 1.25. The maximum atomic E-state index is 13.2. The molecule has 31 heavy (non-hydrogen) atoms. The number of nitrogens with zero attached hydrogens (tertiary/aromatic N) is 2. The number of ether oxygens (including phenoxy) is 2. The number of rotatable bonds is 3. The summed E-state index contributed by atoms with van der Waals surface area (Å²) in [5.41, 5.74) is 4.59. The van der Waals surface area contributed by atoms with Gasteiger partial charge < -0.3 is 20.1 Å². The lowest BCUT2D eigenvalue weighted by Gasteiger charge is -2.25. The van der Waals surface area contributed by atoms with Crippen molar-refractivity contribution in [1.29, 1.82) is 0 Å². The molecule has 0 aromatic carbocycles. The van der Waals surface area contributed by atoms with E-state index in [2.05, 4.69) is 38.8 Å². The van der Waals surface area contributed by atoms with Gasteiger partial charge in [-0.1, -0.05) is 12.2 Å². The van der Waals surface area contributed by atoms with Crippen molar-refractivity contribution < 1.29 is 14.3 Å². The fraction of sp³-hybridized carbons (Fsp3) is 0.458. The number of nitrogens with one attached hydrogen (secondary N) is 2. The molecular formula is C24H30N4O3. The van der Waals surface area contributed by atoms with Gasteiger partial charge >= 0.3 is 0 Å². The third-order valence-corrected chi connectivity index (χ3v) is 5.86. The molecule has 4 heterocycles. The highest BCUT2D eigenvalue weighted by Gasteiger charge is 2.21. The van der Waals surface area contributed by atoms with Crippen molar-refractivity contribution in [2.75, 3.05) is 25.6 Å². The monoisotopic (exact) mass is 422 g/mol. The molecule has 0 unspecified atom stereocenters. The fourth-order valence-electron chi connectivity index (χ4n) is 4.21. The molecule has 1 fully saturated rings. The summed E-state index contributed by atoms with van der Waals surface area (Å²) in [7, 11) is 1.62. The van der Waals surface area contributed by atoms with E-state index in [1.165, 1.54) is 0 Å². The van der Waals surface area contributed by atoms with E-state index >= 15 is 0 Å². The minimum atomic E-state index is -0.116. The van der Waals surface area contributed by atoms with Crippen LogP contribution < -0.4 is 15.4 Å². The first-order valence-electron chi connectivity index (χ1n) is 10.9. The van der Waals surface area contributed by atoms with Crippen molar-refractivity contribution in [3.8, 4) is 5.88 Å². The Morgan fingerprint density at radius 3 is 2.87 bits per heavy atom. The molecule has 7 nitrogen and oxygen atoms in total. The molecule has 0 bridgehead atoms. The molecule has 0 spiro atoms. The zero-order valence-electron chi connectivity index (χ0n) is 18.2. The van der Waals surface area contributed by atoms with Crippen LogP contribution in [0.2, 0.25) is 0 Å². The molecule has 7 heteroatoms. The number of hydrogen-bond donors (Lipinski definition) is 2. The molecule has 2 aliphatic heterocycles. The minimum Gasteiger partial charge on any atom is -0.481 e. The van der Waals surface area contributed by atoms with Crippen molar-refractivity contribution in [2.45, 2.75) is 51.6 Å². The first kappa shape index (κ1) is 21.3. The van der Waals surface area contributed by atoms with Crippen LogP contribution in [0.4, 0.5) is 5.82 Å². The van der Waals surface area contributed by atoms with Gasteiger partial charge in [-0.05, 0) is 56.7 Å². The van der Waals surface area contributed by atoms with Crippen LogP contribution in [0.5, 0.6) is 5.88 Å². The Kier molecular flexibility index (Phi) is 6.82. The molecule has 4 rings (SSSR count). The summed E-state index contributed by atoms with van der Waals surface area (Å²) in [4.78, 5) is 22.2. The van der Waals surface area contributed by atoms with Crippen LogP contribution in [0.3, 0.4) is 0 Å². The normalized spacial score (nSPS) is 17.5. The van der Waals surface area contributed by atoms with Crippen LogP contribution in [0, 0.1) is 6.92 Å². The second kappa shape index (κ2) is 9.92. The number of allylic oxidation sites excluding steroid dienone is 2. The van der Waals surface area contributed by atoms with E-state index in [4.69, 9.17) is 9.47 Å². The lowest BCUT2D eigenvalue weighted by Crippen LogP contribution is -2.30. The number of carbonyl (C=O) groups excluding carboxylic acids is 1. The third-order valence-electron chi connectivity index (χ3n) is 5.86. The van der Waals surface area contributed by atoms with Crippen LogP contribution in [0.15, 0.2) is 30.5 Å². The van der Waals surface area contributed by atoms with Gasteiger partial charge in [0, 0.05) is 54.4 Å². The zero-order chi connectivity index (χ0) is 21.6. The molecule has 1 saturated heterocycles. The summed E-state index contributed by atoms with van der Waals surface area (Å²) in [6.45, 7) is 3.84. The molecule has 0 saturated carbocycles. The van der Waals surface area contributed by atoms with Crippen LogP contribution >= 0.6 is 0 Å². The van der Waals surface area contributed by atoms with Gasteiger partial charge in [-0.3, -0.25) is 4.79 Å². The highest BCUT2D eigenvalue weighted by Crippen LogP contribution is 2.25. The molecule has 164 valence electrons. The summed E-state index contributed by atoms with van der Waals surface area (Å²) in [6, 6.07) is 4.19. The highest BCUT2D eigenvalue weighted by molar-refractivity contribution is 5.96. The third kappa shape index (κ3) is 5.05. The van der Waals surface area contributed by atoms with Gasteiger partial charge in [-0.2, -0.15) is 0 Å². The van der Waals surface area contributed by atoms with Gasteiger partial charge in [0.2, 0.25) is 5.88 Å². The van der Waals surface area contributed by atoms with E-state index in [0.29, 0.717) is 30.5 Å². The summed E-state index contributed by atoms with van der Waals surface area (Å²) >= 11 is 0. The number of amides is 1. The number of anilines is 1. The van der Waals surface area contributed by atoms with E-state index < -0.39 is 0 Å². The molecule has 2 aromatic heterocycles. The average molecular weight is 423 g/mol. The van der Waals surface area contributed by atoms with Crippen molar-refractivity contribution >= 4 is 11.7 Å². The number of methoxy groups -OCH3 is 1. The number of pyridine rings is 2. The van der Waals surface area contributed by atoms with E-state index in [1.807, 2.05) is 6.92 Å². The number of aryl methyl sites for hydroxylation is 2. The largest absolute Gasteiger partial charge is 0.481 e. The predicted molar refractivity (Wildman–Crippen MR) is 120 cm³/mol. The van der Waals surface area contributed by atoms with E-state index in [-0.39, 0.29) is 5.91 Å². The van der Waals surface area contributed by atoms with Crippen LogP contribution in [-0.4, -0.2) is 42.2 Å². The van der Waals surface area contributed by atoms with E-state index in [1.54, 1.807) is 19.4 Å². The summed E-state index contributed by atoms with van der Waals surface area (Å²) in [5, 5.41) is 6.63. The summed E-state index contributed by atoms with van der Waals surface area (Å²) < 4.78 is 11.0. The zero-order valence-corrected chi connectivity index (χ0v) is 18.2. The molecule has 1 amide bonds. The van der Waals surface area contributed by atoms with Gasteiger partial charge in [0.25, 0.3) is 5.91 Å². The Morgan fingerprint density at radius 1 is 1.23 bits per heavy atom. The van der Waals surface area contributed by atoms with Crippen LogP contribution in [0.1, 0.15) is 52.0 Å². The van der Waals surface area contributed by atoms with Gasteiger partial charge in [-0.15, -0.1) is 0 Å².